The third kappa shape index (κ3) is 3.67. The summed E-state index contributed by atoms with van der Waals surface area (Å²) in [4.78, 5) is 2.44. The number of hydrogen-bond donors (Lipinski definition) is 0. The first kappa shape index (κ1) is 15.5. The van der Waals surface area contributed by atoms with E-state index in [1.54, 1.807) is 0 Å². The molecule has 4 heteroatoms. The Hall–Kier alpha value is -1.41. The van der Waals surface area contributed by atoms with E-state index in [0.717, 1.165) is 44.8 Å². The largest absolute Gasteiger partial charge is 0.374 e. The average molecular weight is 300 g/mol. The molecule has 1 aromatic carbocycles. The number of hydrogen-bond acceptors (Lipinski definition) is 4. The van der Waals surface area contributed by atoms with E-state index in [0.29, 0.717) is 5.56 Å². The number of nitriles is 1. The van der Waals surface area contributed by atoms with Gasteiger partial charge in [0.1, 0.15) is 0 Å². The minimum Gasteiger partial charge on any atom is -0.374 e. The topological polar surface area (TPSA) is 45.5 Å². The Morgan fingerprint density at radius 3 is 3.05 bits per heavy atom. The maximum atomic E-state index is 9.04. The van der Waals surface area contributed by atoms with Gasteiger partial charge in [0.05, 0.1) is 29.9 Å². The molecule has 0 aromatic heterocycles. The van der Waals surface area contributed by atoms with Crippen molar-refractivity contribution in [1.29, 1.82) is 5.26 Å². The van der Waals surface area contributed by atoms with Crippen LogP contribution in [0.1, 0.15) is 43.4 Å². The molecule has 0 bridgehead atoms. The molecule has 4 nitrogen and oxygen atoms in total. The van der Waals surface area contributed by atoms with E-state index in [9.17, 15) is 0 Å². The van der Waals surface area contributed by atoms with E-state index < -0.39 is 0 Å². The Kier molecular flexibility index (Phi) is 4.77. The Labute approximate surface area is 132 Å². The monoisotopic (exact) mass is 300 g/mol. The molecule has 2 unspecified atom stereocenters. The second-order valence-electron chi connectivity index (χ2n) is 6.59. The highest BCUT2D eigenvalue weighted by molar-refractivity contribution is 5.34. The summed E-state index contributed by atoms with van der Waals surface area (Å²) in [7, 11) is 0. The first-order valence-electron chi connectivity index (χ1n) is 8.16. The zero-order valence-electron chi connectivity index (χ0n) is 13.3. The molecule has 1 aromatic rings. The summed E-state index contributed by atoms with van der Waals surface area (Å²) in [5.74, 6) is 0. The average Bonchev–Trinajstić information content (AvgIpc) is 2.55. The van der Waals surface area contributed by atoms with Crippen molar-refractivity contribution in [2.75, 3.05) is 32.8 Å². The Balaban J connectivity index is 1.65. The molecule has 0 spiro atoms. The molecule has 2 aliphatic heterocycles. The summed E-state index contributed by atoms with van der Waals surface area (Å²) in [5, 5.41) is 9.04. The summed E-state index contributed by atoms with van der Waals surface area (Å²) >= 11 is 0. The van der Waals surface area contributed by atoms with Crippen molar-refractivity contribution >= 4 is 0 Å². The minimum absolute atomic E-state index is 0.0192. The Bertz CT molecular complexity index is 546. The number of morpholine rings is 1. The van der Waals surface area contributed by atoms with Crippen molar-refractivity contribution < 1.29 is 9.47 Å². The summed E-state index contributed by atoms with van der Waals surface area (Å²) in [6, 6.07) is 9.95. The summed E-state index contributed by atoms with van der Waals surface area (Å²) < 4.78 is 11.9. The van der Waals surface area contributed by atoms with Gasteiger partial charge in [-0.3, -0.25) is 4.90 Å². The van der Waals surface area contributed by atoms with Gasteiger partial charge < -0.3 is 9.47 Å². The number of rotatable bonds is 3. The molecule has 2 atom stereocenters. The van der Waals surface area contributed by atoms with Crippen LogP contribution < -0.4 is 0 Å². The van der Waals surface area contributed by atoms with Gasteiger partial charge in [0.25, 0.3) is 0 Å². The molecular weight excluding hydrogens is 276 g/mol. The van der Waals surface area contributed by atoms with Gasteiger partial charge in [0, 0.05) is 26.2 Å². The lowest BCUT2D eigenvalue weighted by molar-refractivity contribution is -0.106. The summed E-state index contributed by atoms with van der Waals surface area (Å²) in [6.07, 6.45) is 3.63. The fourth-order valence-electron chi connectivity index (χ4n) is 3.45. The van der Waals surface area contributed by atoms with E-state index in [1.807, 2.05) is 24.3 Å². The van der Waals surface area contributed by atoms with Crippen molar-refractivity contribution in [3.05, 3.63) is 35.4 Å². The predicted octanol–water partition coefficient (Wildman–Crippen LogP) is 2.89. The van der Waals surface area contributed by atoms with Gasteiger partial charge in [-0.2, -0.15) is 5.26 Å². The quantitative estimate of drug-likeness (QED) is 0.861. The van der Waals surface area contributed by atoms with E-state index in [1.165, 1.54) is 12.8 Å². The van der Waals surface area contributed by atoms with Crippen LogP contribution in [0.3, 0.4) is 0 Å². The molecule has 0 aliphatic carbocycles. The zero-order chi connectivity index (χ0) is 15.4. The van der Waals surface area contributed by atoms with Crippen LogP contribution in [0.4, 0.5) is 0 Å². The lowest BCUT2D eigenvalue weighted by Crippen LogP contribution is -2.49. The van der Waals surface area contributed by atoms with Crippen LogP contribution in [-0.2, 0) is 9.47 Å². The van der Waals surface area contributed by atoms with Crippen LogP contribution in [0.2, 0.25) is 0 Å². The SMILES string of the molecule is CC1(CN2CCOC(c3cccc(C#N)c3)C2)CCCCO1. The Morgan fingerprint density at radius 1 is 1.36 bits per heavy atom. The lowest BCUT2D eigenvalue weighted by atomic mass is 9.94. The fourth-order valence-corrected chi connectivity index (χ4v) is 3.45. The smallest absolute Gasteiger partial charge is 0.0991 e. The highest BCUT2D eigenvalue weighted by Crippen LogP contribution is 2.28. The van der Waals surface area contributed by atoms with Gasteiger partial charge in [-0.1, -0.05) is 12.1 Å². The minimum atomic E-state index is -0.0192. The normalized spacial score (nSPS) is 29.9. The molecule has 3 rings (SSSR count). The van der Waals surface area contributed by atoms with Crippen molar-refractivity contribution in [2.24, 2.45) is 0 Å². The second kappa shape index (κ2) is 6.78. The van der Waals surface area contributed by atoms with E-state index >= 15 is 0 Å². The molecule has 22 heavy (non-hydrogen) atoms. The van der Waals surface area contributed by atoms with Crippen LogP contribution in [0.5, 0.6) is 0 Å². The molecular formula is C18H24N2O2. The van der Waals surface area contributed by atoms with Crippen LogP contribution in [0, 0.1) is 11.3 Å². The maximum Gasteiger partial charge on any atom is 0.0991 e. The lowest BCUT2D eigenvalue weighted by Gasteiger charge is -2.41. The van der Waals surface area contributed by atoms with Gasteiger partial charge in [-0.05, 0) is 43.9 Å². The zero-order valence-corrected chi connectivity index (χ0v) is 13.3. The van der Waals surface area contributed by atoms with Crippen LogP contribution >= 0.6 is 0 Å². The molecule has 0 saturated carbocycles. The standard InChI is InChI=1S/C18H24N2O2/c1-18(7-2-3-9-22-18)14-20-8-10-21-17(13-20)16-6-4-5-15(11-16)12-19/h4-6,11,17H,2-3,7-10,13-14H2,1H3. The molecule has 0 radical (unpaired) electrons. The molecule has 118 valence electrons. The van der Waals surface area contributed by atoms with Crippen LogP contribution in [0.25, 0.3) is 0 Å². The van der Waals surface area contributed by atoms with Crippen LogP contribution in [-0.4, -0.2) is 43.3 Å². The van der Waals surface area contributed by atoms with Crippen molar-refractivity contribution in [2.45, 2.75) is 37.9 Å². The highest BCUT2D eigenvalue weighted by atomic mass is 16.5. The van der Waals surface area contributed by atoms with Crippen molar-refractivity contribution in [3.8, 4) is 6.07 Å². The van der Waals surface area contributed by atoms with Gasteiger partial charge in [-0.15, -0.1) is 0 Å². The third-order valence-electron chi connectivity index (χ3n) is 4.65. The van der Waals surface area contributed by atoms with Gasteiger partial charge in [-0.25, -0.2) is 0 Å². The second-order valence-corrected chi connectivity index (χ2v) is 6.59. The first-order chi connectivity index (χ1) is 10.7. The highest BCUT2D eigenvalue weighted by Gasteiger charge is 2.32. The molecule has 0 N–H and O–H groups in total. The molecule has 2 heterocycles. The molecule has 0 amide bonds. The van der Waals surface area contributed by atoms with Crippen LogP contribution in [0.15, 0.2) is 24.3 Å². The van der Waals surface area contributed by atoms with E-state index in [2.05, 4.69) is 17.9 Å². The molecule has 2 aliphatic rings. The Morgan fingerprint density at radius 2 is 2.27 bits per heavy atom. The fraction of sp³-hybridized carbons (Fsp3) is 0.611. The van der Waals surface area contributed by atoms with Crippen molar-refractivity contribution in [3.63, 3.8) is 0 Å². The third-order valence-corrected chi connectivity index (χ3v) is 4.65. The summed E-state index contributed by atoms with van der Waals surface area (Å²) in [5.41, 5.74) is 1.77. The van der Waals surface area contributed by atoms with E-state index in [-0.39, 0.29) is 11.7 Å². The maximum absolute atomic E-state index is 9.04. The molecule has 2 fully saturated rings. The van der Waals surface area contributed by atoms with Gasteiger partial charge in [0.2, 0.25) is 0 Å². The van der Waals surface area contributed by atoms with E-state index in [4.69, 9.17) is 14.7 Å². The number of ether oxygens (including phenoxy) is 2. The van der Waals surface area contributed by atoms with Gasteiger partial charge >= 0.3 is 0 Å². The first-order valence-corrected chi connectivity index (χ1v) is 8.16. The number of benzene rings is 1. The van der Waals surface area contributed by atoms with Crippen molar-refractivity contribution in [1.82, 2.24) is 4.90 Å². The van der Waals surface area contributed by atoms with Gasteiger partial charge in [0.15, 0.2) is 0 Å². The number of nitrogens with zero attached hydrogens (tertiary/aromatic N) is 2. The predicted molar refractivity (Wildman–Crippen MR) is 84.5 cm³/mol. The molecule has 2 saturated heterocycles. The summed E-state index contributed by atoms with van der Waals surface area (Å²) in [6.45, 7) is 6.63.